The molecule has 1 amide bonds. The van der Waals surface area contributed by atoms with Crippen LogP contribution in [0.15, 0.2) is 12.7 Å². The molecule has 0 radical (unpaired) electrons. The molecule has 0 bridgehead atoms. The van der Waals surface area contributed by atoms with E-state index in [4.69, 9.17) is 5.73 Å². The molecule has 15 heavy (non-hydrogen) atoms. The summed E-state index contributed by atoms with van der Waals surface area (Å²) in [5.41, 5.74) is 5.02. The second-order valence-electron chi connectivity index (χ2n) is 3.41. The standard InChI is InChI=1S/C11H21NO.2Na.2H/c1-2-3-4-5-6-7-8-9-10-11(12)13;;;;/h2H,1,3-10H2,(H2,12,13);;;;/q;2*+1;2*-1. The van der Waals surface area contributed by atoms with Crippen molar-refractivity contribution in [2.24, 2.45) is 5.73 Å². The van der Waals surface area contributed by atoms with E-state index in [0.29, 0.717) is 6.42 Å². The largest absolute Gasteiger partial charge is 1.00 e. The van der Waals surface area contributed by atoms with E-state index in [2.05, 4.69) is 6.58 Å². The van der Waals surface area contributed by atoms with Crippen LogP contribution in [0.25, 0.3) is 0 Å². The molecule has 0 saturated heterocycles. The Bertz CT molecular complexity index is 160. The van der Waals surface area contributed by atoms with Crippen LogP contribution in [0.3, 0.4) is 0 Å². The van der Waals surface area contributed by atoms with Crippen molar-refractivity contribution in [3.05, 3.63) is 12.7 Å². The topological polar surface area (TPSA) is 43.1 Å². The zero-order chi connectivity index (χ0) is 9.94. The van der Waals surface area contributed by atoms with Gasteiger partial charge in [0, 0.05) is 6.42 Å². The van der Waals surface area contributed by atoms with Gasteiger partial charge in [0.2, 0.25) is 5.91 Å². The Kier molecular flexibility index (Phi) is 25.2. The molecule has 0 saturated carbocycles. The summed E-state index contributed by atoms with van der Waals surface area (Å²) in [4.78, 5) is 10.4. The molecule has 80 valence electrons. The minimum Gasteiger partial charge on any atom is -1.00 e. The van der Waals surface area contributed by atoms with Crippen molar-refractivity contribution >= 4 is 5.91 Å². The first-order valence-electron chi connectivity index (χ1n) is 5.16. The fourth-order valence-electron chi connectivity index (χ4n) is 1.30. The van der Waals surface area contributed by atoms with Gasteiger partial charge in [0.1, 0.15) is 0 Å². The molecular weight excluding hydrogens is 208 g/mol. The summed E-state index contributed by atoms with van der Waals surface area (Å²) >= 11 is 0. The second kappa shape index (κ2) is 17.6. The fourth-order valence-corrected chi connectivity index (χ4v) is 1.30. The van der Waals surface area contributed by atoms with Crippen LogP contribution in [0.1, 0.15) is 54.2 Å². The van der Waals surface area contributed by atoms with Gasteiger partial charge in [-0.25, -0.2) is 0 Å². The van der Waals surface area contributed by atoms with Crippen LogP contribution in [0.4, 0.5) is 0 Å². The Labute approximate surface area is 141 Å². The molecule has 0 atom stereocenters. The average Bonchev–Trinajstić information content (AvgIpc) is 2.09. The van der Waals surface area contributed by atoms with E-state index >= 15 is 0 Å². The van der Waals surface area contributed by atoms with E-state index in [1.165, 1.54) is 25.7 Å². The van der Waals surface area contributed by atoms with Crippen LogP contribution in [0.2, 0.25) is 0 Å². The maximum absolute atomic E-state index is 10.4. The molecule has 0 spiro atoms. The Hall–Kier alpha value is 1.21. The van der Waals surface area contributed by atoms with Crippen LogP contribution >= 0.6 is 0 Å². The minimum atomic E-state index is -0.174. The number of hydrogen-bond acceptors (Lipinski definition) is 1. The predicted octanol–water partition coefficient (Wildman–Crippen LogP) is -2.99. The Morgan fingerprint density at radius 1 is 1.07 bits per heavy atom. The molecule has 0 heterocycles. The molecule has 4 heteroatoms. The summed E-state index contributed by atoms with van der Waals surface area (Å²) in [5.74, 6) is -0.174. The first-order valence-corrected chi connectivity index (χ1v) is 5.16. The summed E-state index contributed by atoms with van der Waals surface area (Å²) in [5, 5.41) is 0. The van der Waals surface area contributed by atoms with Crippen molar-refractivity contribution in [3.8, 4) is 0 Å². The third-order valence-electron chi connectivity index (χ3n) is 2.08. The number of allylic oxidation sites excluding steroid dienone is 1. The SMILES string of the molecule is C=CCCCCCCCCC(N)=O.[H-].[H-].[Na+].[Na+]. The van der Waals surface area contributed by atoms with E-state index in [1.807, 2.05) is 6.08 Å². The number of rotatable bonds is 9. The van der Waals surface area contributed by atoms with E-state index in [1.54, 1.807) is 0 Å². The average molecular weight is 231 g/mol. The Morgan fingerprint density at radius 2 is 1.53 bits per heavy atom. The van der Waals surface area contributed by atoms with Gasteiger partial charge in [-0.2, -0.15) is 0 Å². The van der Waals surface area contributed by atoms with Crippen molar-refractivity contribution in [3.63, 3.8) is 0 Å². The quantitative estimate of drug-likeness (QED) is 0.257. The molecule has 0 aromatic heterocycles. The number of amides is 1. The van der Waals surface area contributed by atoms with Gasteiger partial charge in [0.25, 0.3) is 0 Å². The van der Waals surface area contributed by atoms with Crippen LogP contribution in [0, 0.1) is 0 Å². The zero-order valence-electron chi connectivity index (χ0n) is 12.4. The van der Waals surface area contributed by atoms with Crippen LogP contribution in [-0.4, -0.2) is 5.91 Å². The van der Waals surface area contributed by atoms with Gasteiger partial charge in [-0.3, -0.25) is 4.79 Å². The minimum absolute atomic E-state index is 0. The number of unbranched alkanes of at least 4 members (excludes halogenated alkanes) is 6. The molecule has 0 aromatic rings. The maximum atomic E-state index is 10.4. The first-order chi connectivity index (χ1) is 6.27. The molecule has 0 aliphatic carbocycles. The molecule has 0 aliphatic rings. The van der Waals surface area contributed by atoms with Gasteiger partial charge in [-0.1, -0.05) is 31.8 Å². The summed E-state index contributed by atoms with van der Waals surface area (Å²) in [6, 6.07) is 0. The molecule has 0 aromatic carbocycles. The van der Waals surface area contributed by atoms with Crippen LogP contribution in [-0.2, 0) is 4.79 Å². The smallest absolute Gasteiger partial charge is 1.00 e. The van der Waals surface area contributed by atoms with Gasteiger partial charge >= 0.3 is 59.1 Å². The summed E-state index contributed by atoms with van der Waals surface area (Å²) in [7, 11) is 0. The normalized spacial score (nSPS) is 8.53. The number of carbonyl (C=O) groups excluding carboxylic acids is 1. The number of primary amides is 1. The number of carbonyl (C=O) groups is 1. The number of nitrogens with two attached hydrogens (primary N) is 1. The molecule has 0 rings (SSSR count). The van der Waals surface area contributed by atoms with Crippen molar-refractivity contribution in [2.75, 3.05) is 0 Å². The predicted molar refractivity (Wildman–Crippen MR) is 58.6 cm³/mol. The summed E-state index contributed by atoms with van der Waals surface area (Å²) in [6.07, 6.45) is 10.8. The van der Waals surface area contributed by atoms with Gasteiger partial charge in [-0.05, 0) is 19.3 Å². The monoisotopic (exact) mass is 231 g/mol. The van der Waals surface area contributed by atoms with Crippen molar-refractivity contribution in [1.29, 1.82) is 0 Å². The van der Waals surface area contributed by atoms with Crippen LogP contribution in [0.5, 0.6) is 0 Å². The molecule has 2 nitrogen and oxygen atoms in total. The van der Waals surface area contributed by atoms with Crippen molar-refractivity contribution in [1.82, 2.24) is 0 Å². The third-order valence-corrected chi connectivity index (χ3v) is 2.08. The molecule has 0 unspecified atom stereocenters. The van der Waals surface area contributed by atoms with E-state index in [9.17, 15) is 4.79 Å². The van der Waals surface area contributed by atoms with Gasteiger partial charge in [0.05, 0.1) is 0 Å². The summed E-state index contributed by atoms with van der Waals surface area (Å²) < 4.78 is 0. The molecule has 0 fully saturated rings. The third kappa shape index (κ3) is 21.1. The van der Waals surface area contributed by atoms with Gasteiger partial charge < -0.3 is 8.59 Å². The van der Waals surface area contributed by atoms with Gasteiger partial charge in [-0.15, -0.1) is 6.58 Å². The van der Waals surface area contributed by atoms with E-state index in [-0.39, 0.29) is 67.9 Å². The zero-order valence-corrected chi connectivity index (χ0v) is 14.4. The van der Waals surface area contributed by atoms with Crippen LogP contribution < -0.4 is 64.8 Å². The van der Waals surface area contributed by atoms with Crippen molar-refractivity contribution in [2.45, 2.75) is 51.4 Å². The molecule has 2 N–H and O–H groups in total. The molecule has 0 aliphatic heterocycles. The fraction of sp³-hybridized carbons (Fsp3) is 0.727. The maximum Gasteiger partial charge on any atom is 1.00 e. The summed E-state index contributed by atoms with van der Waals surface area (Å²) in [6.45, 7) is 3.68. The molecular formula is C11H23NNa2O. The van der Waals surface area contributed by atoms with E-state index in [0.717, 1.165) is 19.3 Å². The van der Waals surface area contributed by atoms with E-state index < -0.39 is 0 Å². The first kappa shape index (κ1) is 21.5. The number of hydrogen-bond donors (Lipinski definition) is 1. The Balaban J connectivity index is -0.000000120. The second-order valence-corrected chi connectivity index (χ2v) is 3.41. The van der Waals surface area contributed by atoms with Crippen molar-refractivity contribution < 1.29 is 66.8 Å². The Morgan fingerprint density at radius 3 is 2.00 bits per heavy atom. The van der Waals surface area contributed by atoms with Gasteiger partial charge in [0.15, 0.2) is 0 Å².